The van der Waals surface area contributed by atoms with Crippen LogP contribution in [0.15, 0.2) is 206 Å². The second kappa shape index (κ2) is 15.4. The second-order valence-corrected chi connectivity index (χ2v) is 17.6. The first-order chi connectivity index (χ1) is 31.5. The lowest BCUT2D eigenvalue weighted by Crippen LogP contribution is -2.04. The highest BCUT2D eigenvalue weighted by Crippen LogP contribution is 2.42. The molecule has 5 heteroatoms. The van der Waals surface area contributed by atoms with E-state index < -0.39 is 0 Å². The molecule has 0 aliphatic heterocycles. The highest BCUT2D eigenvalue weighted by atomic mass is 32.1. The normalized spacial score (nSPS) is 11.6. The minimum Gasteiger partial charge on any atom is -0.308 e. The van der Waals surface area contributed by atoms with Crippen LogP contribution in [0, 0.1) is 13.8 Å². The highest BCUT2D eigenvalue weighted by Gasteiger charge is 2.22. The van der Waals surface area contributed by atoms with Gasteiger partial charge in [-0.15, -0.1) is 11.3 Å². The van der Waals surface area contributed by atoms with Crippen molar-refractivity contribution in [1.82, 2.24) is 19.5 Å². The summed E-state index contributed by atoms with van der Waals surface area (Å²) in [6.45, 7) is 4.38. The van der Waals surface area contributed by atoms with E-state index in [0.717, 1.165) is 44.5 Å². The number of rotatable bonds is 7. The number of benzene rings is 9. The molecule has 9 aromatic carbocycles. The number of aromatic nitrogens is 4. The largest absolute Gasteiger partial charge is 0.308 e. The van der Waals surface area contributed by atoms with Crippen LogP contribution in [0.25, 0.3) is 115 Å². The molecule has 12 rings (SSSR count). The molecule has 0 radical (unpaired) electrons. The van der Waals surface area contributed by atoms with E-state index in [1.54, 1.807) is 0 Å². The van der Waals surface area contributed by atoms with E-state index in [0.29, 0.717) is 17.5 Å². The Bertz CT molecular complexity index is 3590. The monoisotopic (exact) mass is 836 g/mol. The molecule has 0 fully saturated rings. The fourth-order valence-corrected chi connectivity index (χ4v) is 10.5. The van der Waals surface area contributed by atoms with Crippen molar-refractivity contribution in [2.75, 3.05) is 0 Å². The van der Waals surface area contributed by atoms with E-state index in [-0.39, 0.29) is 0 Å². The zero-order chi connectivity index (χ0) is 42.7. The fourth-order valence-electron chi connectivity index (χ4n) is 9.34. The molecule has 0 aliphatic carbocycles. The summed E-state index contributed by atoms with van der Waals surface area (Å²) in [4.78, 5) is 15.8. The lowest BCUT2D eigenvalue weighted by atomic mass is 9.97. The Morgan fingerprint density at radius 2 is 0.812 bits per heavy atom. The summed E-state index contributed by atoms with van der Waals surface area (Å²) in [6, 6.07) is 73.9. The van der Waals surface area contributed by atoms with E-state index in [2.05, 4.69) is 188 Å². The fraction of sp³-hybridized carbons (Fsp3) is 0.0339. The topological polar surface area (TPSA) is 43.6 Å². The van der Waals surface area contributed by atoms with Gasteiger partial charge in [0, 0.05) is 47.6 Å². The highest BCUT2D eigenvalue weighted by molar-refractivity contribution is 7.25. The van der Waals surface area contributed by atoms with Crippen molar-refractivity contribution in [3.8, 4) is 73.2 Å². The maximum Gasteiger partial charge on any atom is 0.166 e. The van der Waals surface area contributed by atoms with Crippen molar-refractivity contribution < 1.29 is 0 Å². The third kappa shape index (κ3) is 6.48. The molecule has 3 aromatic heterocycles. The molecule has 0 aliphatic rings. The van der Waals surface area contributed by atoms with E-state index in [1.165, 1.54) is 64.3 Å². The first-order valence-electron chi connectivity index (χ1n) is 21.7. The Hall–Kier alpha value is -7.99. The van der Waals surface area contributed by atoms with Crippen LogP contribution in [0.2, 0.25) is 0 Å². The van der Waals surface area contributed by atoms with E-state index >= 15 is 0 Å². The number of hydrogen-bond donors (Lipinski definition) is 0. The van der Waals surface area contributed by atoms with Crippen LogP contribution < -0.4 is 0 Å². The van der Waals surface area contributed by atoms with Crippen LogP contribution in [-0.4, -0.2) is 19.5 Å². The standard InChI is InChI=1S/C59H40N4S/c1-37-15-9-11-21-45(37)43-27-31-52-49(34-43)50-35-44(46-22-12-10-16-38(46)2)28-32-53(50)63(52)54-30-26-41(42-25-29-48-47-23-13-14-24-55(47)64-56(48)36-42)33-51(54)59-61-57(39-17-5-3-6-18-39)60-58(62-59)40-19-7-4-8-20-40/h3-36H,1-2H3. The molecule has 0 atom stereocenters. The van der Waals surface area contributed by atoms with Crippen LogP contribution in [0.1, 0.15) is 11.1 Å². The molecular weight excluding hydrogens is 797 g/mol. The van der Waals surface area contributed by atoms with Gasteiger partial charge in [-0.2, -0.15) is 0 Å². The van der Waals surface area contributed by atoms with Gasteiger partial charge in [0.15, 0.2) is 17.5 Å². The number of fused-ring (bicyclic) bond motifs is 6. The molecule has 64 heavy (non-hydrogen) atoms. The van der Waals surface area contributed by atoms with Crippen molar-refractivity contribution in [3.05, 3.63) is 217 Å². The van der Waals surface area contributed by atoms with Gasteiger partial charge in [-0.05, 0) is 107 Å². The van der Waals surface area contributed by atoms with Crippen molar-refractivity contribution in [3.63, 3.8) is 0 Å². The second-order valence-electron chi connectivity index (χ2n) is 16.5. The molecule has 0 saturated heterocycles. The maximum atomic E-state index is 5.34. The number of thiophene rings is 1. The molecule has 0 bridgehead atoms. The molecule has 4 nitrogen and oxygen atoms in total. The summed E-state index contributed by atoms with van der Waals surface area (Å²) in [5, 5.41) is 4.93. The van der Waals surface area contributed by atoms with Gasteiger partial charge < -0.3 is 4.57 Å². The van der Waals surface area contributed by atoms with Gasteiger partial charge in [0.1, 0.15) is 0 Å². The molecule has 302 valence electrons. The lowest BCUT2D eigenvalue weighted by Gasteiger charge is -2.17. The van der Waals surface area contributed by atoms with Crippen molar-refractivity contribution >= 4 is 53.3 Å². The molecule has 0 saturated carbocycles. The molecule has 12 aromatic rings. The Morgan fingerprint density at radius 3 is 1.42 bits per heavy atom. The molecule has 0 amide bonds. The SMILES string of the molecule is Cc1ccccc1-c1ccc2c(c1)c1cc(-c3ccccc3C)ccc1n2-c1ccc(-c2ccc3c(c2)sc2ccccc23)cc1-c1nc(-c2ccccc2)nc(-c2ccccc2)n1. The predicted molar refractivity (Wildman–Crippen MR) is 269 cm³/mol. The summed E-state index contributed by atoms with van der Waals surface area (Å²) in [7, 11) is 0. The molecule has 0 N–H and O–H groups in total. The van der Waals surface area contributed by atoms with E-state index in [9.17, 15) is 0 Å². The summed E-state index contributed by atoms with van der Waals surface area (Å²) < 4.78 is 4.97. The summed E-state index contributed by atoms with van der Waals surface area (Å²) in [5.74, 6) is 1.86. The van der Waals surface area contributed by atoms with Crippen LogP contribution in [-0.2, 0) is 0 Å². The summed E-state index contributed by atoms with van der Waals surface area (Å²) in [5.41, 5.74) is 15.5. The first kappa shape index (κ1) is 37.7. The number of hydrogen-bond acceptors (Lipinski definition) is 4. The third-order valence-corrected chi connectivity index (χ3v) is 13.7. The van der Waals surface area contributed by atoms with Crippen molar-refractivity contribution in [1.29, 1.82) is 0 Å². The Morgan fingerprint density at radius 1 is 0.328 bits per heavy atom. The first-order valence-corrected chi connectivity index (χ1v) is 22.5. The Labute approximate surface area is 375 Å². The minimum atomic E-state index is 0.607. The van der Waals surface area contributed by atoms with Gasteiger partial charge in [-0.1, -0.05) is 158 Å². The van der Waals surface area contributed by atoms with Crippen LogP contribution in [0.4, 0.5) is 0 Å². The summed E-state index contributed by atoms with van der Waals surface area (Å²) in [6.07, 6.45) is 0. The average Bonchev–Trinajstić information content (AvgIpc) is 3.89. The molecular formula is C59H40N4S. The van der Waals surface area contributed by atoms with E-state index in [1.807, 2.05) is 47.7 Å². The Kier molecular flexibility index (Phi) is 9.09. The van der Waals surface area contributed by atoms with Gasteiger partial charge in [0.05, 0.1) is 16.7 Å². The maximum absolute atomic E-state index is 5.34. The van der Waals surface area contributed by atoms with Gasteiger partial charge >= 0.3 is 0 Å². The van der Waals surface area contributed by atoms with Crippen LogP contribution in [0.3, 0.4) is 0 Å². The van der Waals surface area contributed by atoms with Gasteiger partial charge in [0.25, 0.3) is 0 Å². The zero-order valence-corrected chi connectivity index (χ0v) is 36.1. The lowest BCUT2D eigenvalue weighted by molar-refractivity contribution is 1.06. The average molecular weight is 837 g/mol. The summed E-state index contributed by atoms with van der Waals surface area (Å²) >= 11 is 1.84. The number of nitrogens with zero attached hydrogens (tertiary/aromatic N) is 4. The molecule has 0 unspecified atom stereocenters. The smallest absolute Gasteiger partial charge is 0.166 e. The third-order valence-electron chi connectivity index (χ3n) is 12.6. The quantitative estimate of drug-likeness (QED) is 0.161. The van der Waals surface area contributed by atoms with Gasteiger partial charge in [-0.25, -0.2) is 15.0 Å². The predicted octanol–water partition coefficient (Wildman–Crippen LogP) is 16.0. The zero-order valence-electron chi connectivity index (χ0n) is 35.3. The van der Waals surface area contributed by atoms with E-state index in [4.69, 9.17) is 15.0 Å². The van der Waals surface area contributed by atoms with Crippen LogP contribution >= 0.6 is 11.3 Å². The van der Waals surface area contributed by atoms with Gasteiger partial charge in [-0.3, -0.25) is 0 Å². The number of aryl methyl sites for hydroxylation is 2. The van der Waals surface area contributed by atoms with Crippen molar-refractivity contribution in [2.45, 2.75) is 13.8 Å². The van der Waals surface area contributed by atoms with Crippen molar-refractivity contribution in [2.24, 2.45) is 0 Å². The van der Waals surface area contributed by atoms with Crippen LogP contribution in [0.5, 0.6) is 0 Å². The molecule has 3 heterocycles. The minimum absolute atomic E-state index is 0.607. The van der Waals surface area contributed by atoms with Gasteiger partial charge in [0.2, 0.25) is 0 Å². The Balaban J connectivity index is 1.15. The molecule has 0 spiro atoms.